The first-order chi connectivity index (χ1) is 8.41. The van der Waals surface area contributed by atoms with Crippen molar-refractivity contribution in [1.82, 2.24) is 5.01 Å². The van der Waals surface area contributed by atoms with Gasteiger partial charge in [-0.25, -0.2) is 10.6 Å². The van der Waals surface area contributed by atoms with Crippen LogP contribution in [-0.2, 0) is 6.18 Å². The van der Waals surface area contributed by atoms with Crippen LogP contribution < -0.4 is 10.7 Å². The third kappa shape index (κ3) is 2.26. The lowest BCUT2D eigenvalue weighted by molar-refractivity contribution is -0.137. The summed E-state index contributed by atoms with van der Waals surface area (Å²) in [5, 5.41) is 0.927. The van der Waals surface area contributed by atoms with E-state index in [2.05, 4.69) is 0 Å². The number of alkyl halides is 3. The lowest BCUT2D eigenvalue weighted by Crippen LogP contribution is -2.53. The number of rotatable bonds is 1. The van der Waals surface area contributed by atoms with Gasteiger partial charge in [0.05, 0.1) is 11.3 Å². The number of hydrazine groups is 1. The van der Waals surface area contributed by atoms with Crippen LogP contribution in [0.3, 0.4) is 0 Å². The molecule has 0 aliphatic carbocycles. The number of nitrogens with two attached hydrogens (primary N) is 1. The van der Waals surface area contributed by atoms with E-state index in [-0.39, 0.29) is 12.2 Å². The second-order valence-corrected chi connectivity index (χ2v) is 4.00. The molecule has 1 aliphatic heterocycles. The summed E-state index contributed by atoms with van der Waals surface area (Å²) in [6, 6.07) is 4.38. The first-order valence-corrected chi connectivity index (χ1v) is 5.41. The maximum Gasteiger partial charge on any atom is 0.418 e. The van der Waals surface area contributed by atoms with Crippen molar-refractivity contribution < 1.29 is 18.0 Å². The first kappa shape index (κ1) is 12.7. The maximum atomic E-state index is 12.8. The molecule has 0 unspecified atom stereocenters. The maximum absolute atomic E-state index is 12.8. The van der Waals surface area contributed by atoms with Gasteiger partial charge in [0.2, 0.25) is 0 Å². The normalized spacial score (nSPS) is 17.2. The Morgan fingerprint density at radius 2 is 1.83 bits per heavy atom. The Morgan fingerprint density at radius 3 is 2.50 bits per heavy atom. The van der Waals surface area contributed by atoms with Crippen LogP contribution in [0.2, 0.25) is 0 Å². The van der Waals surface area contributed by atoms with E-state index in [1.54, 1.807) is 0 Å². The van der Waals surface area contributed by atoms with E-state index < -0.39 is 17.8 Å². The van der Waals surface area contributed by atoms with E-state index in [4.69, 9.17) is 5.84 Å². The third-order valence-electron chi connectivity index (χ3n) is 2.76. The van der Waals surface area contributed by atoms with Gasteiger partial charge in [-0.15, -0.1) is 0 Å². The number of hydrogen-bond acceptors (Lipinski definition) is 2. The number of para-hydroxylation sites is 1. The van der Waals surface area contributed by atoms with Crippen LogP contribution in [0, 0.1) is 0 Å². The number of hydrogen-bond donors (Lipinski definition) is 1. The summed E-state index contributed by atoms with van der Waals surface area (Å²) in [5.41, 5.74) is -0.973. The van der Waals surface area contributed by atoms with Gasteiger partial charge in [0, 0.05) is 13.1 Å². The zero-order valence-electron chi connectivity index (χ0n) is 9.44. The van der Waals surface area contributed by atoms with E-state index in [1.165, 1.54) is 18.2 Å². The Hall–Kier alpha value is -1.76. The molecular formula is C11H12F3N3O. The molecule has 2 rings (SSSR count). The summed E-state index contributed by atoms with van der Waals surface area (Å²) in [4.78, 5) is 12.8. The Morgan fingerprint density at radius 1 is 1.17 bits per heavy atom. The number of benzene rings is 1. The fourth-order valence-corrected chi connectivity index (χ4v) is 1.92. The molecule has 1 aromatic carbocycles. The molecule has 4 nitrogen and oxygen atoms in total. The lowest BCUT2D eigenvalue weighted by atomic mass is 10.1. The van der Waals surface area contributed by atoms with E-state index >= 15 is 0 Å². The molecule has 7 heteroatoms. The zero-order valence-corrected chi connectivity index (χ0v) is 9.44. The van der Waals surface area contributed by atoms with Crippen LogP contribution in [0.1, 0.15) is 12.0 Å². The molecule has 0 bridgehead atoms. The van der Waals surface area contributed by atoms with Gasteiger partial charge in [-0.1, -0.05) is 12.1 Å². The molecule has 0 saturated carbocycles. The molecule has 0 atom stereocenters. The monoisotopic (exact) mass is 259 g/mol. The van der Waals surface area contributed by atoms with E-state index in [9.17, 15) is 18.0 Å². The van der Waals surface area contributed by atoms with E-state index in [0.717, 1.165) is 16.0 Å². The molecule has 0 spiro atoms. The SMILES string of the molecule is NN1CCCN(c2ccccc2C(F)(F)F)C1=O. The van der Waals surface area contributed by atoms with Crippen LogP contribution in [0.25, 0.3) is 0 Å². The predicted octanol–water partition coefficient (Wildman–Crippen LogP) is 2.21. The summed E-state index contributed by atoms with van der Waals surface area (Å²) in [5.74, 6) is 5.43. The van der Waals surface area contributed by atoms with Crippen molar-refractivity contribution in [2.24, 2.45) is 5.84 Å². The van der Waals surface area contributed by atoms with Gasteiger partial charge in [0.1, 0.15) is 0 Å². The molecule has 1 saturated heterocycles. The molecule has 2 amide bonds. The summed E-state index contributed by atoms with van der Waals surface area (Å²) < 4.78 is 38.5. The van der Waals surface area contributed by atoms with Gasteiger partial charge in [-0.2, -0.15) is 13.2 Å². The van der Waals surface area contributed by atoms with Crippen molar-refractivity contribution >= 4 is 11.7 Å². The molecule has 0 aromatic heterocycles. The number of halogens is 3. The molecule has 1 aliphatic rings. The minimum atomic E-state index is -4.49. The molecule has 18 heavy (non-hydrogen) atoms. The van der Waals surface area contributed by atoms with Crippen LogP contribution >= 0.6 is 0 Å². The highest BCUT2D eigenvalue weighted by Gasteiger charge is 2.37. The standard InChI is InChI=1S/C11H12F3N3O/c12-11(13,14)8-4-1-2-5-9(8)16-6-3-7-17(15)10(16)18/h1-2,4-5H,3,6-7,15H2. The Balaban J connectivity index is 2.42. The summed E-state index contributed by atoms with van der Waals surface area (Å²) in [7, 11) is 0. The fraction of sp³-hybridized carbons (Fsp3) is 0.364. The van der Waals surface area contributed by atoms with Crippen molar-refractivity contribution in [2.75, 3.05) is 18.0 Å². The highest BCUT2D eigenvalue weighted by molar-refractivity contribution is 5.93. The number of carbonyl (C=O) groups excluding carboxylic acids is 1. The Bertz CT molecular complexity index is 461. The molecule has 2 N–H and O–H groups in total. The number of urea groups is 1. The minimum absolute atomic E-state index is 0.148. The van der Waals surface area contributed by atoms with Crippen LogP contribution in [0.4, 0.5) is 23.7 Å². The first-order valence-electron chi connectivity index (χ1n) is 5.41. The lowest BCUT2D eigenvalue weighted by Gasteiger charge is -2.34. The number of nitrogens with zero attached hydrogens (tertiary/aromatic N) is 2. The number of amides is 2. The highest BCUT2D eigenvalue weighted by atomic mass is 19.4. The Labute approximate surface area is 102 Å². The molecule has 1 aromatic rings. The van der Waals surface area contributed by atoms with Crippen molar-refractivity contribution in [2.45, 2.75) is 12.6 Å². The van der Waals surface area contributed by atoms with Crippen LogP contribution in [0.15, 0.2) is 24.3 Å². The number of carbonyl (C=O) groups is 1. The summed E-state index contributed by atoms with van der Waals surface area (Å²) in [6.07, 6.45) is -3.96. The second-order valence-electron chi connectivity index (χ2n) is 4.00. The van der Waals surface area contributed by atoms with Crippen molar-refractivity contribution in [3.63, 3.8) is 0 Å². The smallest absolute Gasteiger partial charge is 0.293 e. The van der Waals surface area contributed by atoms with Gasteiger partial charge in [0.15, 0.2) is 0 Å². The largest absolute Gasteiger partial charge is 0.418 e. The quantitative estimate of drug-likeness (QED) is 0.621. The number of anilines is 1. The summed E-state index contributed by atoms with van der Waals surface area (Å²) in [6.45, 7) is 0.586. The average Bonchev–Trinajstić information content (AvgIpc) is 2.32. The minimum Gasteiger partial charge on any atom is -0.293 e. The van der Waals surface area contributed by atoms with Crippen molar-refractivity contribution in [3.05, 3.63) is 29.8 Å². The third-order valence-corrected chi connectivity index (χ3v) is 2.76. The van der Waals surface area contributed by atoms with E-state index in [1.807, 2.05) is 0 Å². The van der Waals surface area contributed by atoms with Crippen LogP contribution in [0.5, 0.6) is 0 Å². The highest BCUT2D eigenvalue weighted by Crippen LogP contribution is 2.37. The summed E-state index contributed by atoms with van der Waals surface area (Å²) >= 11 is 0. The van der Waals surface area contributed by atoms with Gasteiger partial charge >= 0.3 is 12.2 Å². The molecular weight excluding hydrogens is 247 g/mol. The van der Waals surface area contributed by atoms with Crippen molar-refractivity contribution in [1.29, 1.82) is 0 Å². The average molecular weight is 259 g/mol. The van der Waals surface area contributed by atoms with Gasteiger partial charge in [-0.05, 0) is 18.6 Å². The molecule has 98 valence electrons. The zero-order chi connectivity index (χ0) is 13.3. The van der Waals surface area contributed by atoms with Crippen molar-refractivity contribution in [3.8, 4) is 0 Å². The predicted molar refractivity (Wildman–Crippen MR) is 59.7 cm³/mol. The van der Waals surface area contributed by atoms with Gasteiger partial charge in [0.25, 0.3) is 0 Å². The molecule has 1 fully saturated rings. The Kier molecular flexibility index (Phi) is 3.16. The molecule has 1 heterocycles. The second kappa shape index (κ2) is 4.49. The fourth-order valence-electron chi connectivity index (χ4n) is 1.92. The van der Waals surface area contributed by atoms with Gasteiger partial charge in [-0.3, -0.25) is 9.91 Å². The van der Waals surface area contributed by atoms with Gasteiger partial charge < -0.3 is 0 Å². The van der Waals surface area contributed by atoms with E-state index in [0.29, 0.717) is 13.0 Å². The molecule has 0 radical (unpaired) electrons. The topological polar surface area (TPSA) is 49.6 Å². The van der Waals surface area contributed by atoms with Crippen LogP contribution in [-0.4, -0.2) is 24.1 Å².